The van der Waals surface area contributed by atoms with Crippen LogP contribution >= 0.6 is 0 Å². The predicted octanol–water partition coefficient (Wildman–Crippen LogP) is 0.0532. The Morgan fingerprint density at radius 2 is 1.81 bits per heavy atom. The first-order valence-electron chi connectivity index (χ1n) is 5.61. The molecule has 0 heterocycles. The van der Waals surface area contributed by atoms with Gasteiger partial charge in [-0.2, -0.15) is 0 Å². The van der Waals surface area contributed by atoms with Crippen molar-refractivity contribution in [2.45, 2.75) is 44.9 Å². The Morgan fingerprint density at radius 3 is 2.19 bits per heavy atom. The fourth-order valence-electron chi connectivity index (χ4n) is 1.32. The summed E-state index contributed by atoms with van der Waals surface area (Å²) in [5.41, 5.74) is 5.20. The molecule has 0 aromatic heterocycles. The summed E-state index contributed by atoms with van der Waals surface area (Å²) >= 11 is 0. The third-order valence-electron chi connectivity index (χ3n) is 2.64. The second-order valence-corrected chi connectivity index (χ2v) is 6.26. The summed E-state index contributed by atoms with van der Waals surface area (Å²) in [7, 11) is -3.41. The van der Waals surface area contributed by atoms with Crippen LogP contribution in [0.2, 0.25) is 0 Å². The minimum atomic E-state index is -3.41. The summed E-state index contributed by atoms with van der Waals surface area (Å²) in [6, 6.07) is 0.0445. The van der Waals surface area contributed by atoms with Crippen molar-refractivity contribution in [3.63, 3.8) is 0 Å². The van der Waals surface area contributed by atoms with E-state index in [1.807, 2.05) is 13.8 Å². The molecule has 1 unspecified atom stereocenters. The average Bonchev–Trinajstić information content (AvgIpc) is 2.24. The Kier molecular flexibility index (Phi) is 6.59. The van der Waals surface area contributed by atoms with Crippen molar-refractivity contribution < 1.29 is 13.2 Å². The van der Waals surface area contributed by atoms with Gasteiger partial charge in [0.15, 0.2) is 9.84 Å². The third kappa shape index (κ3) is 4.49. The molecular formula is C10H22N2O3S. The van der Waals surface area contributed by atoms with Crippen LogP contribution in [-0.2, 0) is 14.6 Å². The fourth-order valence-corrected chi connectivity index (χ4v) is 2.39. The molecule has 0 aromatic rings. The number of hydrogen-bond acceptors (Lipinski definition) is 4. The van der Waals surface area contributed by atoms with E-state index in [4.69, 9.17) is 5.73 Å². The number of carbonyl (C=O) groups is 1. The van der Waals surface area contributed by atoms with Crippen LogP contribution in [0.25, 0.3) is 0 Å². The fraction of sp³-hybridized carbons (Fsp3) is 0.900. The number of sulfone groups is 1. The largest absolute Gasteiger partial charge is 0.352 e. The number of nitrogens with one attached hydrogen (secondary N) is 1. The summed E-state index contributed by atoms with van der Waals surface area (Å²) in [6.45, 7) is 5.36. The van der Waals surface area contributed by atoms with E-state index in [9.17, 15) is 13.2 Å². The van der Waals surface area contributed by atoms with E-state index in [-0.39, 0.29) is 18.3 Å². The van der Waals surface area contributed by atoms with Gasteiger partial charge in [-0.1, -0.05) is 13.8 Å². The number of nitrogens with two attached hydrogens (primary N) is 1. The molecule has 1 amide bonds. The lowest BCUT2D eigenvalue weighted by atomic mass is 10.2. The van der Waals surface area contributed by atoms with E-state index in [1.165, 1.54) is 6.92 Å². The average molecular weight is 250 g/mol. The van der Waals surface area contributed by atoms with Gasteiger partial charge in [0, 0.05) is 12.6 Å². The molecule has 0 spiro atoms. The standard InChI is InChI=1S/C10H22N2O3S/c1-4-9(5-2)12-10(13)8(3)16(14,15)7-6-11/h8-9H,4-7,11H2,1-3H3,(H,12,13). The first-order valence-corrected chi connectivity index (χ1v) is 7.32. The zero-order chi connectivity index (χ0) is 12.8. The maximum Gasteiger partial charge on any atom is 0.238 e. The van der Waals surface area contributed by atoms with Gasteiger partial charge in [-0.15, -0.1) is 0 Å². The molecule has 0 aliphatic heterocycles. The molecule has 0 aliphatic carbocycles. The van der Waals surface area contributed by atoms with E-state index in [0.29, 0.717) is 0 Å². The predicted molar refractivity (Wildman–Crippen MR) is 64.8 cm³/mol. The summed E-state index contributed by atoms with van der Waals surface area (Å²) in [5, 5.41) is 1.70. The molecule has 0 rings (SSSR count). The van der Waals surface area contributed by atoms with Crippen LogP contribution in [0, 0.1) is 0 Å². The smallest absolute Gasteiger partial charge is 0.238 e. The van der Waals surface area contributed by atoms with E-state index < -0.39 is 21.0 Å². The van der Waals surface area contributed by atoms with Gasteiger partial charge in [0.25, 0.3) is 0 Å². The highest BCUT2D eigenvalue weighted by Crippen LogP contribution is 2.04. The SMILES string of the molecule is CCC(CC)NC(=O)C(C)S(=O)(=O)CCN. The van der Waals surface area contributed by atoms with Crippen LogP contribution in [0.15, 0.2) is 0 Å². The molecule has 0 saturated heterocycles. The van der Waals surface area contributed by atoms with Crippen LogP contribution < -0.4 is 11.1 Å². The van der Waals surface area contributed by atoms with Crippen molar-refractivity contribution in [2.24, 2.45) is 5.73 Å². The van der Waals surface area contributed by atoms with Gasteiger partial charge in [0.1, 0.15) is 5.25 Å². The zero-order valence-corrected chi connectivity index (χ0v) is 11.0. The second-order valence-electron chi connectivity index (χ2n) is 3.82. The summed E-state index contributed by atoms with van der Waals surface area (Å²) in [6.07, 6.45) is 1.60. The second kappa shape index (κ2) is 6.85. The quantitative estimate of drug-likeness (QED) is 0.668. The Hall–Kier alpha value is -0.620. The molecule has 96 valence electrons. The molecule has 0 aliphatic rings. The first kappa shape index (κ1) is 15.4. The Labute approximate surface area is 97.7 Å². The molecule has 0 fully saturated rings. The van der Waals surface area contributed by atoms with Crippen LogP contribution in [0.5, 0.6) is 0 Å². The van der Waals surface area contributed by atoms with Gasteiger partial charge in [0.2, 0.25) is 5.91 Å². The molecule has 5 nitrogen and oxygen atoms in total. The number of rotatable bonds is 7. The van der Waals surface area contributed by atoms with Crippen LogP contribution in [0.1, 0.15) is 33.6 Å². The highest BCUT2D eigenvalue weighted by Gasteiger charge is 2.27. The molecule has 0 saturated carbocycles. The van der Waals surface area contributed by atoms with Gasteiger partial charge >= 0.3 is 0 Å². The number of hydrogen-bond donors (Lipinski definition) is 2. The van der Waals surface area contributed by atoms with Gasteiger partial charge in [-0.25, -0.2) is 8.42 Å². The maximum atomic E-state index is 11.7. The van der Waals surface area contributed by atoms with Crippen molar-refractivity contribution in [3.05, 3.63) is 0 Å². The summed E-state index contributed by atoms with van der Waals surface area (Å²) in [4.78, 5) is 11.7. The minimum absolute atomic E-state index is 0.0445. The first-order chi connectivity index (χ1) is 7.38. The maximum absolute atomic E-state index is 11.7. The lowest BCUT2D eigenvalue weighted by Gasteiger charge is -2.18. The van der Waals surface area contributed by atoms with Gasteiger partial charge in [-0.05, 0) is 19.8 Å². The molecule has 3 N–H and O–H groups in total. The van der Waals surface area contributed by atoms with E-state index in [0.717, 1.165) is 12.8 Å². The van der Waals surface area contributed by atoms with Crippen LogP contribution in [0.3, 0.4) is 0 Å². The summed E-state index contributed by atoms with van der Waals surface area (Å²) < 4.78 is 23.2. The lowest BCUT2D eigenvalue weighted by molar-refractivity contribution is -0.121. The summed E-state index contributed by atoms with van der Waals surface area (Å²) in [5.74, 6) is -0.577. The van der Waals surface area contributed by atoms with Gasteiger partial charge in [-0.3, -0.25) is 4.79 Å². The Balaban J connectivity index is 4.50. The van der Waals surface area contributed by atoms with Crippen molar-refractivity contribution in [2.75, 3.05) is 12.3 Å². The van der Waals surface area contributed by atoms with E-state index in [1.54, 1.807) is 0 Å². The van der Waals surface area contributed by atoms with Crippen molar-refractivity contribution >= 4 is 15.7 Å². The van der Waals surface area contributed by atoms with Crippen LogP contribution in [0.4, 0.5) is 0 Å². The molecule has 0 aromatic carbocycles. The molecular weight excluding hydrogens is 228 g/mol. The van der Waals surface area contributed by atoms with Crippen molar-refractivity contribution in [1.29, 1.82) is 0 Å². The lowest BCUT2D eigenvalue weighted by Crippen LogP contribution is -2.44. The van der Waals surface area contributed by atoms with E-state index in [2.05, 4.69) is 5.32 Å². The number of amides is 1. The Bertz CT molecular complexity index is 310. The highest BCUT2D eigenvalue weighted by molar-refractivity contribution is 7.92. The van der Waals surface area contributed by atoms with Crippen molar-refractivity contribution in [3.8, 4) is 0 Å². The van der Waals surface area contributed by atoms with Gasteiger partial charge < -0.3 is 11.1 Å². The number of carbonyl (C=O) groups excluding carboxylic acids is 1. The third-order valence-corrected chi connectivity index (χ3v) is 4.74. The molecule has 16 heavy (non-hydrogen) atoms. The topological polar surface area (TPSA) is 89.3 Å². The molecule has 6 heteroatoms. The van der Waals surface area contributed by atoms with Crippen molar-refractivity contribution in [1.82, 2.24) is 5.32 Å². The molecule has 0 bridgehead atoms. The molecule has 1 atom stereocenters. The Morgan fingerprint density at radius 1 is 1.31 bits per heavy atom. The normalized spacial score (nSPS) is 13.8. The monoisotopic (exact) mass is 250 g/mol. The van der Waals surface area contributed by atoms with Gasteiger partial charge in [0.05, 0.1) is 5.75 Å². The minimum Gasteiger partial charge on any atom is -0.352 e. The zero-order valence-electron chi connectivity index (χ0n) is 10.2. The van der Waals surface area contributed by atoms with Crippen LogP contribution in [-0.4, -0.2) is 37.9 Å². The molecule has 0 radical (unpaired) electrons. The highest BCUT2D eigenvalue weighted by atomic mass is 32.2. The van der Waals surface area contributed by atoms with E-state index >= 15 is 0 Å².